The zero-order valence-corrected chi connectivity index (χ0v) is 8.03. The average molecular weight is 177 g/mol. The molecule has 13 heavy (non-hydrogen) atoms. The first-order chi connectivity index (χ1) is 6.29. The zero-order valence-electron chi connectivity index (χ0n) is 8.03. The fourth-order valence-corrected chi connectivity index (χ4v) is 2.01. The van der Waals surface area contributed by atoms with E-state index in [9.17, 15) is 0 Å². The predicted molar refractivity (Wildman–Crippen MR) is 49.6 cm³/mol. The van der Waals surface area contributed by atoms with Gasteiger partial charge in [-0.1, -0.05) is 6.42 Å². The molecule has 0 heterocycles. The van der Waals surface area contributed by atoms with Gasteiger partial charge in [0.2, 0.25) is 0 Å². The summed E-state index contributed by atoms with van der Waals surface area (Å²) in [4.78, 5) is 2.16. The lowest BCUT2D eigenvalue weighted by Gasteiger charge is -2.25. The van der Waals surface area contributed by atoms with Crippen LogP contribution in [0.1, 0.15) is 25.7 Å². The molecule has 1 fully saturated rings. The van der Waals surface area contributed by atoms with E-state index in [-0.39, 0.29) is 5.92 Å². The van der Waals surface area contributed by atoms with Crippen LogP contribution in [-0.4, -0.2) is 24.5 Å². The molecule has 0 saturated heterocycles. The minimum atomic E-state index is 0.184. The van der Waals surface area contributed by atoms with Crippen LogP contribution in [0.4, 0.5) is 0 Å². The van der Waals surface area contributed by atoms with Crippen molar-refractivity contribution >= 4 is 0 Å². The van der Waals surface area contributed by atoms with Gasteiger partial charge < -0.3 is 4.90 Å². The molecule has 0 bridgehead atoms. The second-order valence-corrected chi connectivity index (χ2v) is 3.62. The fraction of sp³-hybridized carbons (Fsp3) is 0.800. The van der Waals surface area contributed by atoms with Crippen LogP contribution in [0, 0.1) is 28.6 Å². The number of hydrogen-bond donors (Lipinski definition) is 0. The number of nitriles is 2. The fourth-order valence-electron chi connectivity index (χ4n) is 2.01. The van der Waals surface area contributed by atoms with Crippen molar-refractivity contribution in [1.82, 2.24) is 4.90 Å². The van der Waals surface area contributed by atoms with Crippen molar-refractivity contribution in [3.8, 4) is 12.1 Å². The van der Waals surface area contributed by atoms with Crippen LogP contribution in [0.5, 0.6) is 0 Å². The molecule has 0 radical (unpaired) electrons. The molecular weight excluding hydrogens is 162 g/mol. The van der Waals surface area contributed by atoms with E-state index in [0.717, 1.165) is 25.8 Å². The van der Waals surface area contributed by atoms with E-state index < -0.39 is 0 Å². The van der Waals surface area contributed by atoms with Gasteiger partial charge in [-0.25, -0.2) is 0 Å². The molecule has 70 valence electrons. The molecule has 3 nitrogen and oxygen atoms in total. The van der Waals surface area contributed by atoms with Gasteiger partial charge in [-0.2, -0.15) is 10.5 Å². The summed E-state index contributed by atoms with van der Waals surface area (Å²) in [5.74, 6) is 0.184. The van der Waals surface area contributed by atoms with E-state index in [1.165, 1.54) is 0 Å². The molecule has 1 aliphatic carbocycles. The molecule has 1 saturated carbocycles. The summed E-state index contributed by atoms with van der Waals surface area (Å²) in [5.41, 5.74) is 0. The van der Waals surface area contributed by atoms with Crippen molar-refractivity contribution < 1.29 is 0 Å². The van der Waals surface area contributed by atoms with Crippen molar-refractivity contribution in [2.24, 2.45) is 5.92 Å². The maximum atomic E-state index is 8.87. The second kappa shape index (κ2) is 4.84. The molecule has 0 aromatic carbocycles. The average Bonchev–Trinajstić information content (AvgIpc) is 2.61. The lowest BCUT2D eigenvalue weighted by atomic mass is 10.0. The molecule has 0 aromatic rings. The van der Waals surface area contributed by atoms with E-state index in [4.69, 9.17) is 10.5 Å². The van der Waals surface area contributed by atoms with Crippen molar-refractivity contribution in [1.29, 1.82) is 10.5 Å². The molecule has 0 aromatic heterocycles. The molecule has 0 N–H and O–H groups in total. The Balaban J connectivity index is 2.42. The van der Waals surface area contributed by atoms with Crippen LogP contribution in [0.15, 0.2) is 0 Å². The van der Waals surface area contributed by atoms with Gasteiger partial charge in [-0.3, -0.25) is 0 Å². The molecular formula is C10H15N3. The van der Waals surface area contributed by atoms with Crippen LogP contribution in [0.25, 0.3) is 0 Å². The number of nitrogens with zero attached hydrogens (tertiary/aromatic N) is 3. The van der Waals surface area contributed by atoms with Gasteiger partial charge in [-0.15, -0.1) is 0 Å². The van der Waals surface area contributed by atoms with Gasteiger partial charge in [0, 0.05) is 19.0 Å². The van der Waals surface area contributed by atoms with Crippen LogP contribution < -0.4 is 0 Å². The summed E-state index contributed by atoms with van der Waals surface area (Å²) < 4.78 is 0. The maximum Gasteiger partial charge on any atom is 0.0672 e. The Morgan fingerprint density at radius 3 is 2.77 bits per heavy atom. The van der Waals surface area contributed by atoms with Gasteiger partial charge in [0.05, 0.1) is 18.1 Å². The monoisotopic (exact) mass is 177 g/mol. The maximum absolute atomic E-state index is 8.87. The summed E-state index contributed by atoms with van der Waals surface area (Å²) in [6.07, 6.45) is 3.85. The minimum absolute atomic E-state index is 0.184. The predicted octanol–water partition coefficient (Wildman–Crippen LogP) is 1.52. The van der Waals surface area contributed by atoms with Crippen molar-refractivity contribution in [3.05, 3.63) is 0 Å². The Kier molecular flexibility index (Phi) is 3.73. The second-order valence-electron chi connectivity index (χ2n) is 3.62. The summed E-state index contributed by atoms with van der Waals surface area (Å²) in [6.45, 7) is 0.791. The summed E-state index contributed by atoms with van der Waals surface area (Å²) >= 11 is 0. The van der Waals surface area contributed by atoms with Gasteiger partial charge in [0.1, 0.15) is 0 Å². The largest absolute Gasteiger partial charge is 0.301 e. The number of hydrogen-bond acceptors (Lipinski definition) is 3. The highest BCUT2D eigenvalue weighted by atomic mass is 15.1. The Labute approximate surface area is 79.6 Å². The molecule has 2 unspecified atom stereocenters. The van der Waals surface area contributed by atoms with Crippen LogP contribution in [-0.2, 0) is 0 Å². The molecule has 0 aliphatic heterocycles. The summed E-state index contributed by atoms with van der Waals surface area (Å²) in [7, 11) is 2.01. The highest BCUT2D eigenvalue weighted by Gasteiger charge is 2.29. The molecule has 3 heteroatoms. The molecule has 2 atom stereocenters. The first kappa shape index (κ1) is 10.0. The van der Waals surface area contributed by atoms with Gasteiger partial charge in [0.15, 0.2) is 0 Å². The third-order valence-electron chi connectivity index (χ3n) is 2.79. The molecule has 1 rings (SSSR count). The van der Waals surface area contributed by atoms with E-state index in [1.54, 1.807) is 0 Å². The quantitative estimate of drug-likeness (QED) is 0.656. The zero-order chi connectivity index (χ0) is 9.68. The van der Waals surface area contributed by atoms with E-state index in [0.29, 0.717) is 12.5 Å². The Hall–Kier alpha value is -1.06. The normalized spacial score (nSPS) is 27.1. The topological polar surface area (TPSA) is 50.8 Å². The summed E-state index contributed by atoms with van der Waals surface area (Å²) in [5, 5.41) is 17.3. The Morgan fingerprint density at radius 1 is 1.38 bits per heavy atom. The molecule has 1 aliphatic rings. The van der Waals surface area contributed by atoms with E-state index in [1.807, 2.05) is 7.05 Å². The number of rotatable bonds is 3. The highest BCUT2D eigenvalue weighted by molar-refractivity contribution is 4.97. The lowest BCUT2D eigenvalue weighted by molar-refractivity contribution is 0.225. The highest BCUT2D eigenvalue weighted by Crippen LogP contribution is 2.28. The first-order valence-electron chi connectivity index (χ1n) is 4.76. The third-order valence-corrected chi connectivity index (χ3v) is 2.79. The van der Waals surface area contributed by atoms with E-state index >= 15 is 0 Å². The van der Waals surface area contributed by atoms with Crippen molar-refractivity contribution in [3.63, 3.8) is 0 Å². The van der Waals surface area contributed by atoms with Crippen molar-refractivity contribution in [2.45, 2.75) is 31.7 Å². The minimum Gasteiger partial charge on any atom is -0.301 e. The standard InChI is InChI=1S/C10H15N3/c1-13(7-3-6-11)10-5-2-4-9(10)8-12/h9-10H,2-5,7H2,1H3. The first-order valence-corrected chi connectivity index (χ1v) is 4.76. The summed E-state index contributed by atoms with van der Waals surface area (Å²) in [6, 6.07) is 4.86. The van der Waals surface area contributed by atoms with Crippen LogP contribution in [0.3, 0.4) is 0 Å². The Morgan fingerprint density at radius 2 is 2.15 bits per heavy atom. The lowest BCUT2D eigenvalue weighted by Crippen LogP contribution is -2.34. The van der Waals surface area contributed by atoms with Gasteiger partial charge >= 0.3 is 0 Å². The smallest absolute Gasteiger partial charge is 0.0672 e. The van der Waals surface area contributed by atoms with Crippen LogP contribution in [0.2, 0.25) is 0 Å². The molecule has 0 spiro atoms. The van der Waals surface area contributed by atoms with Crippen LogP contribution >= 0.6 is 0 Å². The molecule has 0 amide bonds. The SMILES string of the molecule is CN(CCC#N)C1CCCC1C#N. The van der Waals surface area contributed by atoms with E-state index in [2.05, 4.69) is 17.0 Å². The van der Waals surface area contributed by atoms with Gasteiger partial charge in [-0.05, 0) is 19.9 Å². The van der Waals surface area contributed by atoms with Gasteiger partial charge in [0.25, 0.3) is 0 Å². The van der Waals surface area contributed by atoms with Crippen molar-refractivity contribution in [2.75, 3.05) is 13.6 Å². The Bertz CT molecular complexity index is 236. The third kappa shape index (κ3) is 2.44.